The van der Waals surface area contributed by atoms with Crippen molar-refractivity contribution < 1.29 is 46.1 Å². The van der Waals surface area contributed by atoms with Crippen LogP contribution in [0.1, 0.15) is 62.5 Å². The Morgan fingerprint density at radius 1 is 0.923 bits per heavy atom. The summed E-state index contributed by atoms with van der Waals surface area (Å²) in [6.07, 6.45) is -8.79. The number of ether oxygens (including phenoxy) is 1. The summed E-state index contributed by atoms with van der Waals surface area (Å²) < 4.78 is 87.2. The first-order valence-electron chi connectivity index (χ1n) is 13.3. The Balaban J connectivity index is 1.36. The number of piperidine rings is 2. The van der Waals surface area contributed by atoms with Crippen LogP contribution in [-0.2, 0) is 17.5 Å². The first kappa shape index (κ1) is 28.0. The molecule has 39 heavy (non-hydrogen) atoms. The van der Waals surface area contributed by atoms with Crippen LogP contribution < -0.4 is 4.74 Å². The number of nitrogens with zero attached hydrogens (tertiary/aromatic N) is 1. The van der Waals surface area contributed by atoms with Gasteiger partial charge in [0.1, 0.15) is 11.3 Å². The molecule has 0 spiro atoms. The molecule has 2 N–H and O–H groups in total. The fraction of sp³-hybridized carbons (Fsp3) is 0.607. The summed E-state index contributed by atoms with van der Waals surface area (Å²) in [6, 6.07) is 7.22. The number of carboxylic acid groups (broad SMARTS) is 1. The molecule has 2 aromatic rings. The Labute approximate surface area is 221 Å². The maximum atomic E-state index is 14.2. The highest BCUT2D eigenvalue weighted by atomic mass is 19.4. The third-order valence-corrected chi connectivity index (χ3v) is 8.61. The van der Waals surface area contributed by atoms with E-state index in [9.17, 15) is 41.4 Å². The number of fused-ring (bicyclic) bond motifs is 3. The number of carbonyl (C=O) groups is 1. The van der Waals surface area contributed by atoms with Gasteiger partial charge in [0.25, 0.3) is 0 Å². The van der Waals surface area contributed by atoms with Gasteiger partial charge in [-0.25, -0.2) is 0 Å². The fourth-order valence-corrected chi connectivity index (χ4v) is 6.72. The summed E-state index contributed by atoms with van der Waals surface area (Å²) >= 11 is 0. The van der Waals surface area contributed by atoms with Crippen molar-refractivity contribution in [2.24, 2.45) is 11.8 Å². The van der Waals surface area contributed by atoms with Crippen molar-refractivity contribution in [2.75, 3.05) is 0 Å². The van der Waals surface area contributed by atoms with Crippen molar-refractivity contribution in [1.29, 1.82) is 0 Å². The van der Waals surface area contributed by atoms with Gasteiger partial charge in [0.2, 0.25) is 0 Å². The zero-order chi connectivity index (χ0) is 28.1. The largest absolute Gasteiger partial charge is 0.490 e. The number of benzene rings is 2. The van der Waals surface area contributed by atoms with Gasteiger partial charge in [-0.05, 0) is 79.8 Å². The molecule has 2 unspecified atom stereocenters. The summed E-state index contributed by atoms with van der Waals surface area (Å²) in [4.78, 5) is 13.7. The number of aliphatic hydroxyl groups is 1. The molecule has 1 aliphatic carbocycles. The Morgan fingerprint density at radius 3 is 2.13 bits per heavy atom. The average Bonchev–Trinajstić information content (AvgIpc) is 2.83. The van der Waals surface area contributed by atoms with E-state index in [2.05, 4.69) is 4.90 Å². The van der Waals surface area contributed by atoms with Crippen LogP contribution in [0.2, 0.25) is 0 Å². The van der Waals surface area contributed by atoms with Crippen molar-refractivity contribution in [3.05, 3.63) is 41.5 Å². The molecule has 0 aromatic heterocycles. The zero-order valence-corrected chi connectivity index (χ0v) is 21.1. The van der Waals surface area contributed by atoms with Gasteiger partial charge in [0.15, 0.2) is 0 Å². The van der Waals surface area contributed by atoms with E-state index in [1.54, 1.807) is 12.1 Å². The van der Waals surface area contributed by atoms with Gasteiger partial charge in [-0.2, -0.15) is 26.3 Å². The van der Waals surface area contributed by atoms with Crippen molar-refractivity contribution in [3.8, 4) is 5.75 Å². The first-order valence-corrected chi connectivity index (χ1v) is 13.3. The highest BCUT2D eigenvalue weighted by Gasteiger charge is 2.44. The van der Waals surface area contributed by atoms with E-state index in [4.69, 9.17) is 4.74 Å². The molecule has 2 heterocycles. The lowest BCUT2D eigenvalue weighted by Gasteiger charge is -2.49. The number of carboxylic acids is 1. The van der Waals surface area contributed by atoms with Crippen LogP contribution in [0, 0.1) is 11.8 Å². The van der Waals surface area contributed by atoms with Gasteiger partial charge in [0.05, 0.1) is 24.0 Å². The maximum absolute atomic E-state index is 14.2. The smallest absolute Gasteiger partial charge is 0.420 e. The van der Waals surface area contributed by atoms with Crippen molar-refractivity contribution >= 4 is 16.7 Å². The summed E-state index contributed by atoms with van der Waals surface area (Å²) in [7, 11) is 0. The van der Waals surface area contributed by atoms with Gasteiger partial charge in [-0.15, -0.1) is 0 Å². The lowest BCUT2D eigenvalue weighted by atomic mass is 9.77. The second-order valence-electron chi connectivity index (χ2n) is 11.2. The van der Waals surface area contributed by atoms with E-state index in [1.807, 2.05) is 0 Å². The number of alkyl halides is 6. The summed E-state index contributed by atoms with van der Waals surface area (Å²) in [5, 5.41) is 20.0. The highest BCUT2D eigenvalue weighted by Crippen LogP contribution is 2.44. The Hall–Kier alpha value is -2.53. The minimum absolute atomic E-state index is 0.0358. The fourth-order valence-electron chi connectivity index (χ4n) is 6.72. The number of aliphatic carboxylic acids is 1. The van der Waals surface area contributed by atoms with Crippen LogP contribution in [0.5, 0.6) is 5.75 Å². The number of rotatable bonds is 5. The molecular formula is C28H31F6NO4. The molecule has 214 valence electrons. The maximum Gasteiger partial charge on any atom is 0.420 e. The van der Waals surface area contributed by atoms with Crippen molar-refractivity contribution in [1.82, 2.24) is 4.90 Å². The number of hydrogen-bond donors (Lipinski definition) is 2. The normalized spacial score (nSPS) is 30.3. The predicted octanol–water partition coefficient (Wildman–Crippen LogP) is 6.55. The van der Waals surface area contributed by atoms with Gasteiger partial charge in [0, 0.05) is 18.6 Å². The molecule has 5 rings (SSSR count). The SMILES string of the molecule is O=C(O)C1CC2CC(O)CC(C1)N2Cc1ccc2c(C(F)(F)F)c(O[C@H]3CC[C@@H](C(F)(F)F)CC3)ccc2c1. The minimum atomic E-state index is -4.73. The molecule has 2 atom stereocenters. The van der Waals surface area contributed by atoms with Gasteiger partial charge < -0.3 is 14.9 Å². The molecule has 3 aliphatic rings. The van der Waals surface area contributed by atoms with Crippen LogP contribution >= 0.6 is 0 Å². The molecule has 2 aliphatic heterocycles. The van der Waals surface area contributed by atoms with E-state index in [0.717, 1.165) is 5.56 Å². The Morgan fingerprint density at radius 2 is 1.56 bits per heavy atom. The zero-order valence-electron chi connectivity index (χ0n) is 21.1. The van der Waals surface area contributed by atoms with E-state index in [-0.39, 0.29) is 48.9 Å². The molecule has 3 fully saturated rings. The standard InChI is InChI=1S/C28H31F6NO4/c29-27(30,31)18-3-5-22(6-4-18)39-24-8-2-16-9-15(1-7-23(16)25(24)28(32,33)34)14-35-19-10-17(26(37)38)11-20(35)13-21(36)12-19/h1-2,7-9,17-22,36H,3-6,10-14H2,(H,37,38)/t17?,18-,19?,20?,21?,22+. The second kappa shape index (κ2) is 10.5. The predicted molar refractivity (Wildman–Crippen MR) is 130 cm³/mol. The number of aliphatic hydroxyl groups excluding tert-OH is 1. The van der Waals surface area contributed by atoms with Crippen LogP contribution in [-0.4, -0.2) is 51.6 Å². The number of hydrogen-bond acceptors (Lipinski definition) is 4. The summed E-state index contributed by atoms with van der Waals surface area (Å²) in [5.74, 6) is -3.15. The third-order valence-electron chi connectivity index (χ3n) is 8.61. The summed E-state index contributed by atoms with van der Waals surface area (Å²) in [5.41, 5.74) is -0.165. The van der Waals surface area contributed by atoms with Crippen LogP contribution in [0.15, 0.2) is 30.3 Å². The molecule has 1 saturated carbocycles. The first-order chi connectivity index (χ1) is 18.3. The average molecular weight is 560 g/mol. The molecule has 2 saturated heterocycles. The summed E-state index contributed by atoms with van der Waals surface area (Å²) in [6.45, 7) is 0.423. The molecule has 0 radical (unpaired) electrons. The Bertz CT molecular complexity index is 1190. The molecule has 0 amide bonds. The molecule has 11 heteroatoms. The van der Waals surface area contributed by atoms with Crippen LogP contribution in [0.3, 0.4) is 0 Å². The van der Waals surface area contributed by atoms with Crippen molar-refractivity contribution in [2.45, 2.75) is 94.6 Å². The second-order valence-corrected chi connectivity index (χ2v) is 11.2. The van der Waals surface area contributed by atoms with Gasteiger partial charge in [-0.3, -0.25) is 9.69 Å². The third kappa shape index (κ3) is 5.99. The quantitative estimate of drug-likeness (QED) is 0.407. The molecule has 2 aromatic carbocycles. The molecular weight excluding hydrogens is 528 g/mol. The van der Waals surface area contributed by atoms with Crippen LogP contribution in [0.25, 0.3) is 10.8 Å². The highest BCUT2D eigenvalue weighted by molar-refractivity contribution is 5.89. The lowest BCUT2D eigenvalue weighted by molar-refractivity contribution is -0.185. The molecule has 5 nitrogen and oxygen atoms in total. The Kier molecular flexibility index (Phi) is 7.52. The van der Waals surface area contributed by atoms with E-state index >= 15 is 0 Å². The van der Waals surface area contributed by atoms with Gasteiger partial charge in [-0.1, -0.05) is 18.2 Å². The lowest BCUT2D eigenvalue weighted by Crippen LogP contribution is -2.55. The van der Waals surface area contributed by atoms with E-state index < -0.39 is 47.9 Å². The van der Waals surface area contributed by atoms with Crippen LogP contribution in [0.4, 0.5) is 26.3 Å². The minimum Gasteiger partial charge on any atom is -0.490 e. The molecule has 2 bridgehead atoms. The van der Waals surface area contributed by atoms with E-state index in [0.29, 0.717) is 37.6 Å². The monoisotopic (exact) mass is 559 g/mol. The topological polar surface area (TPSA) is 70.0 Å². The van der Waals surface area contributed by atoms with Gasteiger partial charge >= 0.3 is 18.3 Å². The van der Waals surface area contributed by atoms with E-state index in [1.165, 1.54) is 18.2 Å². The number of halogens is 6. The van der Waals surface area contributed by atoms with Crippen molar-refractivity contribution in [3.63, 3.8) is 0 Å².